The number of rotatable bonds is 54. The van der Waals surface area contributed by atoms with Gasteiger partial charge in [0.25, 0.3) is 0 Å². The van der Waals surface area contributed by atoms with E-state index in [0.29, 0.717) is 19.3 Å². The van der Waals surface area contributed by atoms with Gasteiger partial charge in [-0.15, -0.1) is 0 Å². The zero-order chi connectivity index (χ0) is 55.7. The summed E-state index contributed by atoms with van der Waals surface area (Å²) < 4.78 is 16.8. The quantitative estimate of drug-likeness (QED) is 0.0261. The monoisotopic (exact) mass is 1060 g/mol. The molecule has 6 nitrogen and oxygen atoms in total. The minimum absolute atomic E-state index is 0.115. The lowest BCUT2D eigenvalue weighted by Gasteiger charge is -2.18. The third-order valence-corrected chi connectivity index (χ3v) is 12.5. The predicted molar refractivity (Wildman–Crippen MR) is 334 cm³/mol. The van der Waals surface area contributed by atoms with Gasteiger partial charge in [-0.2, -0.15) is 0 Å². The summed E-state index contributed by atoms with van der Waals surface area (Å²) in [6.07, 6.45) is 92.6. The van der Waals surface area contributed by atoms with Crippen LogP contribution in [0.5, 0.6) is 0 Å². The molecule has 0 fully saturated rings. The number of carbonyl (C=O) groups excluding carboxylic acids is 3. The highest BCUT2D eigenvalue weighted by Gasteiger charge is 2.19. The zero-order valence-corrected chi connectivity index (χ0v) is 49.4. The number of hydrogen-bond donors (Lipinski definition) is 0. The Bertz CT molecular complexity index is 1740. The smallest absolute Gasteiger partial charge is 0.306 e. The van der Waals surface area contributed by atoms with Gasteiger partial charge >= 0.3 is 17.9 Å². The van der Waals surface area contributed by atoms with Gasteiger partial charge in [-0.05, 0) is 135 Å². The van der Waals surface area contributed by atoms with E-state index in [9.17, 15) is 14.4 Å². The van der Waals surface area contributed by atoms with Crippen LogP contribution in [-0.2, 0) is 28.6 Å². The van der Waals surface area contributed by atoms with E-state index in [-0.39, 0.29) is 37.5 Å². The highest BCUT2D eigenvalue weighted by molar-refractivity contribution is 5.71. The van der Waals surface area contributed by atoms with E-state index >= 15 is 0 Å². The second-order valence-corrected chi connectivity index (χ2v) is 19.8. The molecule has 0 aromatic carbocycles. The van der Waals surface area contributed by atoms with Crippen LogP contribution >= 0.6 is 0 Å². The predicted octanol–water partition coefficient (Wildman–Crippen LogP) is 21.3. The molecular formula is C71H112O6. The summed E-state index contributed by atoms with van der Waals surface area (Å²) in [6.45, 7) is 6.29. The van der Waals surface area contributed by atoms with Crippen molar-refractivity contribution in [3.05, 3.63) is 158 Å². The summed E-state index contributed by atoms with van der Waals surface area (Å²) in [7, 11) is 0. The first-order valence-electron chi connectivity index (χ1n) is 31.0. The second-order valence-electron chi connectivity index (χ2n) is 19.8. The molecule has 0 rings (SSSR count). The molecule has 0 aromatic heterocycles. The minimum Gasteiger partial charge on any atom is -0.462 e. The first-order valence-corrected chi connectivity index (χ1v) is 31.0. The molecule has 0 amide bonds. The normalized spacial score (nSPS) is 13.2. The lowest BCUT2D eigenvalue weighted by atomic mass is 10.1. The molecule has 432 valence electrons. The largest absolute Gasteiger partial charge is 0.462 e. The fourth-order valence-corrected chi connectivity index (χ4v) is 7.94. The van der Waals surface area contributed by atoms with Gasteiger partial charge in [-0.1, -0.05) is 256 Å². The van der Waals surface area contributed by atoms with Gasteiger partial charge < -0.3 is 14.2 Å². The highest BCUT2D eigenvalue weighted by atomic mass is 16.6. The van der Waals surface area contributed by atoms with Crippen molar-refractivity contribution >= 4 is 17.9 Å². The van der Waals surface area contributed by atoms with Crippen LogP contribution in [-0.4, -0.2) is 37.2 Å². The van der Waals surface area contributed by atoms with Crippen molar-refractivity contribution in [1.82, 2.24) is 0 Å². The number of hydrogen-bond acceptors (Lipinski definition) is 6. The van der Waals surface area contributed by atoms with Gasteiger partial charge in [0.1, 0.15) is 13.2 Å². The summed E-state index contributed by atoms with van der Waals surface area (Å²) in [6, 6.07) is 0. The van der Waals surface area contributed by atoms with Gasteiger partial charge in [0.15, 0.2) is 6.10 Å². The van der Waals surface area contributed by atoms with Crippen molar-refractivity contribution in [1.29, 1.82) is 0 Å². The summed E-state index contributed by atoms with van der Waals surface area (Å²) in [5.41, 5.74) is 0. The van der Waals surface area contributed by atoms with Gasteiger partial charge in [0, 0.05) is 19.3 Å². The molecule has 0 heterocycles. The third kappa shape index (κ3) is 61.8. The van der Waals surface area contributed by atoms with Crippen molar-refractivity contribution in [3.63, 3.8) is 0 Å². The molecule has 0 saturated heterocycles. The van der Waals surface area contributed by atoms with E-state index in [1.165, 1.54) is 64.2 Å². The lowest BCUT2D eigenvalue weighted by Crippen LogP contribution is -2.30. The van der Waals surface area contributed by atoms with E-state index in [1.54, 1.807) is 0 Å². The summed E-state index contributed by atoms with van der Waals surface area (Å²) in [4.78, 5) is 38.2. The Balaban J connectivity index is 4.35. The molecule has 1 atom stereocenters. The van der Waals surface area contributed by atoms with Crippen LogP contribution in [0.25, 0.3) is 0 Å². The molecule has 0 aliphatic carbocycles. The van der Waals surface area contributed by atoms with Crippen molar-refractivity contribution in [2.75, 3.05) is 13.2 Å². The number of allylic oxidation sites excluding steroid dienone is 26. The van der Waals surface area contributed by atoms with E-state index in [4.69, 9.17) is 14.2 Å². The molecule has 1 unspecified atom stereocenters. The Morgan fingerprint density at radius 1 is 0.273 bits per heavy atom. The summed E-state index contributed by atoms with van der Waals surface area (Å²) in [5.74, 6) is -1.02. The molecule has 0 aliphatic heterocycles. The van der Waals surface area contributed by atoms with E-state index in [1.807, 2.05) is 12.2 Å². The number of carbonyl (C=O) groups is 3. The molecule has 0 saturated carbocycles. The van der Waals surface area contributed by atoms with E-state index in [2.05, 4.69) is 167 Å². The van der Waals surface area contributed by atoms with Crippen LogP contribution < -0.4 is 0 Å². The topological polar surface area (TPSA) is 78.9 Å². The number of unbranched alkanes of at least 4 members (excludes halogenated alkanes) is 17. The van der Waals surface area contributed by atoms with Crippen LogP contribution in [0, 0.1) is 0 Å². The Hall–Kier alpha value is -4.97. The first-order chi connectivity index (χ1) is 38.0. The maximum Gasteiger partial charge on any atom is 0.306 e. The van der Waals surface area contributed by atoms with Crippen LogP contribution in [0.15, 0.2) is 158 Å². The SMILES string of the molecule is CC/C=C\C/C=C\C/C=C\C/C=C\C/C=C\C/C=C\C/C=C\CCCCCCCCCCCC(=O)OCC(COC(=O)CC/C=C\C/C=C\C/C=C\C/C=C\CC)OC(=O)CCCCCCC/C=C\C/C=C\CCCCC. The molecular weight excluding hydrogens is 949 g/mol. The maximum absolute atomic E-state index is 12.9. The van der Waals surface area contributed by atoms with Gasteiger partial charge in [0.2, 0.25) is 0 Å². The van der Waals surface area contributed by atoms with E-state index in [0.717, 1.165) is 141 Å². The number of esters is 3. The van der Waals surface area contributed by atoms with Gasteiger partial charge in [-0.25, -0.2) is 0 Å². The fraction of sp³-hybridized carbons (Fsp3) is 0.592. The van der Waals surface area contributed by atoms with Crippen LogP contribution in [0.3, 0.4) is 0 Å². The molecule has 6 heteroatoms. The average molecular weight is 1060 g/mol. The molecule has 0 spiro atoms. The summed E-state index contributed by atoms with van der Waals surface area (Å²) >= 11 is 0. The van der Waals surface area contributed by atoms with Gasteiger partial charge in [-0.3, -0.25) is 14.4 Å². The minimum atomic E-state index is -0.824. The molecule has 77 heavy (non-hydrogen) atoms. The van der Waals surface area contributed by atoms with Crippen molar-refractivity contribution in [2.45, 2.75) is 258 Å². The Morgan fingerprint density at radius 2 is 0.532 bits per heavy atom. The Labute approximate surface area is 473 Å². The van der Waals surface area contributed by atoms with Crippen molar-refractivity contribution in [3.8, 4) is 0 Å². The van der Waals surface area contributed by atoms with E-state index < -0.39 is 6.10 Å². The second kappa shape index (κ2) is 63.6. The van der Waals surface area contributed by atoms with Gasteiger partial charge in [0.05, 0.1) is 0 Å². The Kier molecular flexibility index (Phi) is 59.5. The summed E-state index contributed by atoms with van der Waals surface area (Å²) in [5, 5.41) is 0. The van der Waals surface area contributed by atoms with Crippen LogP contribution in [0.4, 0.5) is 0 Å². The van der Waals surface area contributed by atoms with Crippen LogP contribution in [0.1, 0.15) is 252 Å². The Morgan fingerprint density at radius 3 is 0.870 bits per heavy atom. The molecule has 0 bridgehead atoms. The third-order valence-electron chi connectivity index (χ3n) is 12.5. The van der Waals surface area contributed by atoms with Crippen molar-refractivity contribution in [2.24, 2.45) is 0 Å². The van der Waals surface area contributed by atoms with Crippen molar-refractivity contribution < 1.29 is 28.6 Å². The molecule has 0 radical (unpaired) electrons. The highest BCUT2D eigenvalue weighted by Crippen LogP contribution is 2.14. The average Bonchev–Trinajstić information content (AvgIpc) is 3.43. The fourth-order valence-electron chi connectivity index (χ4n) is 7.94. The maximum atomic E-state index is 12.9. The molecule has 0 N–H and O–H groups in total. The first kappa shape index (κ1) is 72.0. The lowest BCUT2D eigenvalue weighted by molar-refractivity contribution is -0.166. The molecule has 0 aromatic rings. The number of ether oxygens (including phenoxy) is 3. The standard InChI is InChI=1S/C71H112O6/c1-4-7-10-13-16-19-22-25-27-28-29-30-31-32-33-34-35-36-37-38-39-40-41-42-44-46-49-52-55-58-61-64-70(73)76-67-68(66-75-69(72)63-60-57-54-51-48-45-24-21-18-15-12-9-6-3)77-71(74)65-62-59-56-53-50-47-43-26-23-20-17-14-11-8-5-2/h7,9-10,12,16-21,25-27,29-30,32-33,35-36,38-39,43,45,48,54,57,68H,4-6,8,11,13-15,22-24,28,31,34,37,40-42,44,46-47,49-53,55-56,58-67H2,1-3H3/b10-7-,12-9-,19-16-,20-17-,21-18-,27-25-,30-29-,33-32-,36-35-,39-38-,43-26-,48-45-,57-54-. The van der Waals surface area contributed by atoms with Crippen LogP contribution in [0.2, 0.25) is 0 Å². The molecule has 0 aliphatic rings. The zero-order valence-electron chi connectivity index (χ0n) is 49.4.